The molecule has 0 aromatic carbocycles. The summed E-state index contributed by atoms with van der Waals surface area (Å²) in [6.07, 6.45) is 1.78. The summed E-state index contributed by atoms with van der Waals surface area (Å²) in [4.78, 5) is 7.93. The van der Waals surface area contributed by atoms with E-state index in [0.29, 0.717) is 11.7 Å². The molecule has 0 bridgehead atoms. The molecule has 0 aliphatic heterocycles. The molecule has 5 heteroatoms. The quantitative estimate of drug-likeness (QED) is 0.384. The van der Waals surface area contributed by atoms with Gasteiger partial charge >= 0.3 is 0 Å². The van der Waals surface area contributed by atoms with E-state index in [9.17, 15) is 0 Å². The molecule has 0 spiro atoms. The fourth-order valence-electron chi connectivity index (χ4n) is 0.492. The lowest BCUT2D eigenvalue weighted by molar-refractivity contribution is 1.13. The molecule has 4 nitrogen and oxygen atoms in total. The molecule has 0 unspecified atom stereocenters. The Bertz CT molecular complexity index is 194. The Morgan fingerprint density at radius 2 is 2.25 bits per heavy atom. The van der Waals surface area contributed by atoms with E-state index in [-0.39, 0.29) is 5.96 Å². The molecule has 0 atom stereocenters. The van der Waals surface area contributed by atoms with Crippen LogP contribution in [0.25, 0.3) is 0 Å². The summed E-state index contributed by atoms with van der Waals surface area (Å²) < 4.78 is 0. The third-order valence-electron chi connectivity index (χ3n) is 0.848. The highest BCUT2D eigenvalue weighted by atomic mass is 32.2. The molecule has 0 amide bonds. The lowest BCUT2D eigenvalue weighted by Gasteiger charge is -1.97. The van der Waals surface area contributed by atoms with Crippen molar-refractivity contribution >= 4 is 22.9 Å². The van der Waals surface area contributed by atoms with Gasteiger partial charge in [0.25, 0.3) is 0 Å². The Morgan fingerprint density at radius 3 is 2.67 bits per heavy atom. The Balaban J connectivity index is 4.14. The van der Waals surface area contributed by atoms with Crippen molar-refractivity contribution in [2.24, 2.45) is 21.5 Å². The second-order valence-electron chi connectivity index (χ2n) is 1.89. The van der Waals surface area contributed by atoms with E-state index in [4.69, 9.17) is 11.5 Å². The van der Waals surface area contributed by atoms with Gasteiger partial charge in [-0.1, -0.05) is 17.8 Å². The molecular weight excluding hydrogens is 172 g/mol. The van der Waals surface area contributed by atoms with Gasteiger partial charge in [0.15, 0.2) is 11.1 Å². The smallest absolute Gasteiger partial charge is 0.193 e. The van der Waals surface area contributed by atoms with Crippen molar-refractivity contribution in [1.82, 2.24) is 0 Å². The summed E-state index contributed by atoms with van der Waals surface area (Å²) in [7, 11) is 0. The van der Waals surface area contributed by atoms with Gasteiger partial charge in [-0.05, 0) is 6.92 Å². The first-order valence-corrected chi connectivity index (χ1v) is 4.57. The zero-order chi connectivity index (χ0) is 9.40. The van der Waals surface area contributed by atoms with E-state index in [1.165, 1.54) is 11.8 Å². The van der Waals surface area contributed by atoms with Gasteiger partial charge < -0.3 is 11.5 Å². The first-order chi connectivity index (χ1) is 5.70. The minimum absolute atomic E-state index is 0.0405. The van der Waals surface area contributed by atoms with Crippen molar-refractivity contribution in [2.75, 3.05) is 12.3 Å². The van der Waals surface area contributed by atoms with Crippen LogP contribution in [0, 0.1) is 0 Å². The highest BCUT2D eigenvalue weighted by molar-refractivity contribution is 8.14. The Kier molecular flexibility index (Phi) is 6.18. The zero-order valence-electron chi connectivity index (χ0n) is 7.16. The zero-order valence-corrected chi connectivity index (χ0v) is 7.97. The molecule has 0 aromatic heterocycles. The van der Waals surface area contributed by atoms with Gasteiger partial charge in [-0.2, -0.15) is 4.99 Å². The number of aliphatic imine (C=N–C) groups is 2. The van der Waals surface area contributed by atoms with Crippen LogP contribution in [-0.4, -0.2) is 23.4 Å². The van der Waals surface area contributed by atoms with Crippen molar-refractivity contribution in [3.8, 4) is 0 Å². The van der Waals surface area contributed by atoms with Crippen molar-refractivity contribution < 1.29 is 0 Å². The molecule has 0 rings (SSSR count). The first kappa shape index (κ1) is 11.0. The van der Waals surface area contributed by atoms with Crippen molar-refractivity contribution in [1.29, 1.82) is 0 Å². The molecule has 68 valence electrons. The van der Waals surface area contributed by atoms with Crippen LogP contribution < -0.4 is 11.5 Å². The predicted molar refractivity (Wildman–Crippen MR) is 56.4 cm³/mol. The van der Waals surface area contributed by atoms with E-state index in [1.807, 2.05) is 6.92 Å². The van der Waals surface area contributed by atoms with E-state index in [1.54, 1.807) is 6.08 Å². The maximum absolute atomic E-state index is 5.20. The molecule has 0 aliphatic rings. The summed E-state index contributed by atoms with van der Waals surface area (Å²) in [5.74, 6) is 0.800. The highest BCUT2D eigenvalue weighted by Gasteiger charge is 1.95. The van der Waals surface area contributed by atoms with Crippen molar-refractivity contribution in [3.63, 3.8) is 0 Å². The molecule has 0 heterocycles. The van der Waals surface area contributed by atoms with Crippen LogP contribution in [0.3, 0.4) is 0 Å². The molecule has 0 radical (unpaired) electrons. The van der Waals surface area contributed by atoms with Gasteiger partial charge in [0.1, 0.15) is 0 Å². The molecule has 0 fully saturated rings. The van der Waals surface area contributed by atoms with Gasteiger partial charge in [-0.15, -0.1) is 6.58 Å². The monoisotopic (exact) mass is 186 g/mol. The van der Waals surface area contributed by atoms with Gasteiger partial charge in [0.05, 0.1) is 0 Å². The molecule has 0 aliphatic carbocycles. The summed E-state index contributed by atoms with van der Waals surface area (Å²) in [5.41, 5.74) is 10.4. The van der Waals surface area contributed by atoms with Crippen molar-refractivity contribution in [3.05, 3.63) is 12.7 Å². The Morgan fingerprint density at radius 1 is 1.58 bits per heavy atom. The molecule has 4 N–H and O–H groups in total. The lowest BCUT2D eigenvalue weighted by Crippen LogP contribution is -2.23. The van der Waals surface area contributed by atoms with Gasteiger partial charge in [-0.3, -0.25) is 4.99 Å². The van der Waals surface area contributed by atoms with Gasteiger partial charge in [0.2, 0.25) is 0 Å². The average molecular weight is 186 g/mol. The van der Waals surface area contributed by atoms with Crippen LogP contribution in [0.4, 0.5) is 0 Å². The molecular formula is C7H14N4S. The van der Waals surface area contributed by atoms with E-state index in [0.717, 1.165) is 5.75 Å². The number of rotatable bonds is 3. The normalized spacial score (nSPS) is 10.9. The van der Waals surface area contributed by atoms with Crippen molar-refractivity contribution in [2.45, 2.75) is 6.92 Å². The predicted octanol–water partition coefficient (Wildman–Crippen LogP) is 0.555. The van der Waals surface area contributed by atoms with Gasteiger partial charge in [-0.25, -0.2) is 0 Å². The molecule has 0 saturated carbocycles. The maximum atomic E-state index is 5.20. The number of nitrogens with zero attached hydrogens (tertiary/aromatic N) is 2. The lowest BCUT2D eigenvalue weighted by atomic mass is 10.8. The third-order valence-corrected chi connectivity index (χ3v) is 1.73. The Hall–Kier alpha value is -0.970. The van der Waals surface area contributed by atoms with Crippen LogP contribution in [0.1, 0.15) is 6.92 Å². The summed E-state index contributed by atoms with van der Waals surface area (Å²) in [5, 5.41) is 0.609. The van der Waals surface area contributed by atoms with E-state index >= 15 is 0 Å². The second kappa shape index (κ2) is 6.72. The SMILES string of the molecule is C=CCSC(N=C(N)N)=NCC. The highest BCUT2D eigenvalue weighted by Crippen LogP contribution is 2.05. The van der Waals surface area contributed by atoms with E-state index < -0.39 is 0 Å². The second-order valence-corrected chi connectivity index (χ2v) is 2.88. The van der Waals surface area contributed by atoms with Crippen LogP contribution in [0.2, 0.25) is 0 Å². The minimum Gasteiger partial charge on any atom is -0.370 e. The molecule has 0 saturated heterocycles. The topological polar surface area (TPSA) is 76.8 Å². The fourth-order valence-corrected chi connectivity index (χ4v) is 1.15. The van der Waals surface area contributed by atoms with Crippen LogP contribution >= 0.6 is 11.8 Å². The van der Waals surface area contributed by atoms with Gasteiger partial charge in [0, 0.05) is 12.3 Å². The number of thioether (sulfide) groups is 1. The number of nitrogens with two attached hydrogens (primary N) is 2. The fraction of sp³-hybridized carbons (Fsp3) is 0.429. The molecule has 0 aromatic rings. The first-order valence-electron chi connectivity index (χ1n) is 3.58. The Labute approximate surface area is 76.8 Å². The third kappa shape index (κ3) is 5.79. The summed E-state index contributed by atoms with van der Waals surface area (Å²) in [6, 6.07) is 0. The standard InChI is InChI=1S/C7H14N4S/c1-3-5-12-7(10-4-2)11-6(8)9/h3H,1,4-5H2,2H3,(H4,8,9,10,11). The number of guanidine groups is 1. The van der Waals surface area contributed by atoms with Crippen LogP contribution in [0.5, 0.6) is 0 Å². The van der Waals surface area contributed by atoms with Crippen LogP contribution in [0.15, 0.2) is 22.6 Å². The van der Waals surface area contributed by atoms with Crippen LogP contribution in [-0.2, 0) is 0 Å². The average Bonchev–Trinajstić information content (AvgIpc) is 2.00. The number of hydrogen-bond donors (Lipinski definition) is 2. The maximum Gasteiger partial charge on any atom is 0.193 e. The molecule has 12 heavy (non-hydrogen) atoms. The summed E-state index contributed by atoms with van der Waals surface area (Å²) >= 11 is 1.46. The minimum atomic E-state index is 0.0405. The van der Waals surface area contributed by atoms with E-state index in [2.05, 4.69) is 16.6 Å². The largest absolute Gasteiger partial charge is 0.370 e. The summed E-state index contributed by atoms with van der Waals surface area (Å²) in [6.45, 7) is 6.19. The number of hydrogen-bond acceptors (Lipinski definition) is 2. The number of amidine groups is 1.